The van der Waals surface area contributed by atoms with Gasteiger partial charge in [-0.25, -0.2) is 9.67 Å². The van der Waals surface area contributed by atoms with E-state index in [2.05, 4.69) is 21.1 Å². The third-order valence-corrected chi connectivity index (χ3v) is 5.70. The number of amides is 1. The number of rotatable bonds is 3. The lowest BCUT2D eigenvalue weighted by Crippen LogP contribution is -2.39. The Hall–Kier alpha value is -3.74. The van der Waals surface area contributed by atoms with E-state index in [-0.39, 0.29) is 18.0 Å². The van der Waals surface area contributed by atoms with Gasteiger partial charge in [0.05, 0.1) is 11.1 Å². The van der Waals surface area contributed by atoms with Gasteiger partial charge in [-0.2, -0.15) is 5.10 Å². The molecule has 0 aliphatic carbocycles. The highest BCUT2D eigenvalue weighted by atomic mass is 16.2. The Morgan fingerprint density at radius 2 is 1.93 bits per heavy atom. The molecule has 0 saturated heterocycles. The maximum absolute atomic E-state index is 12.9. The van der Waals surface area contributed by atoms with Crippen molar-refractivity contribution in [2.45, 2.75) is 19.9 Å². The molecule has 0 unspecified atom stereocenters. The highest BCUT2D eigenvalue weighted by Crippen LogP contribution is 2.28. The largest absolute Gasteiger partial charge is 0.346 e. The molecular weight excluding hydrogens is 378 g/mol. The van der Waals surface area contributed by atoms with Gasteiger partial charge in [0.1, 0.15) is 12.2 Å². The molecule has 0 saturated carbocycles. The molecule has 0 atom stereocenters. The summed E-state index contributed by atoms with van der Waals surface area (Å²) >= 11 is 0. The zero-order valence-corrected chi connectivity index (χ0v) is 16.6. The average Bonchev–Trinajstić information content (AvgIpc) is 3.21. The van der Waals surface area contributed by atoms with Gasteiger partial charge in [-0.3, -0.25) is 9.59 Å². The maximum Gasteiger partial charge on any atom is 0.275 e. The van der Waals surface area contributed by atoms with E-state index in [1.165, 1.54) is 10.3 Å². The van der Waals surface area contributed by atoms with E-state index < -0.39 is 0 Å². The van der Waals surface area contributed by atoms with Gasteiger partial charge in [0.15, 0.2) is 0 Å². The predicted octanol–water partition coefficient (Wildman–Crippen LogP) is 2.90. The number of aromatic amines is 1. The second kappa shape index (κ2) is 7.26. The summed E-state index contributed by atoms with van der Waals surface area (Å²) in [5, 5.41) is 6.86. The number of H-pyrrole nitrogens is 1. The number of nitrogens with one attached hydrogen (secondary N) is 1. The number of carbonyl (C=O) groups is 1. The van der Waals surface area contributed by atoms with Crippen molar-refractivity contribution < 1.29 is 4.79 Å². The maximum atomic E-state index is 12.9. The van der Waals surface area contributed by atoms with E-state index in [1.807, 2.05) is 43.5 Å². The monoisotopic (exact) mass is 399 g/mol. The fourth-order valence-corrected chi connectivity index (χ4v) is 4.10. The Morgan fingerprint density at radius 3 is 2.73 bits per heavy atom. The molecule has 1 amide bonds. The van der Waals surface area contributed by atoms with Gasteiger partial charge in [-0.15, -0.1) is 0 Å². The summed E-state index contributed by atoms with van der Waals surface area (Å²) < 4.78 is 1.28. The normalized spacial score (nSPS) is 14.3. The van der Waals surface area contributed by atoms with Gasteiger partial charge in [-0.1, -0.05) is 24.3 Å². The van der Waals surface area contributed by atoms with Crippen LogP contribution in [0.1, 0.15) is 17.7 Å². The standard InChI is InChI=1S/C23H21N5O2/c1-15-17-5-2-3-6-19(17)23(30)28(26-15)14-21(29)27-11-8-16(9-12-27)20-13-25-22-18(20)7-4-10-24-22/h2-8,10,13H,9,11-12,14H2,1H3,(H,24,25). The molecule has 0 fully saturated rings. The molecule has 0 bridgehead atoms. The van der Waals surface area contributed by atoms with Crippen LogP contribution >= 0.6 is 0 Å². The highest BCUT2D eigenvalue weighted by molar-refractivity contribution is 5.91. The summed E-state index contributed by atoms with van der Waals surface area (Å²) in [6.45, 7) is 2.93. The quantitative estimate of drug-likeness (QED) is 0.574. The van der Waals surface area contributed by atoms with E-state index in [0.29, 0.717) is 18.5 Å². The topological polar surface area (TPSA) is 83.9 Å². The molecule has 0 spiro atoms. The fourth-order valence-electron chi connectivity index (χ4n) is 4.10. The molecule has 0 radical (unpaired) electrons. The lowest BCUT2D eigenvalue weighted by Gasteiger charge is -2.26. The Balaban J connectivity index is 1.36. The molecule has 7 heteroatoms. The zero-order valence-electron chi connectivity index (χ0n) is 16.6. The van der Waals surface area contributed by atoms with Crippen molar-refractivity contribution in [3.8, 4) is 0 Å². The first kappa shape index (κ1) is 18.3. The smallest absolute Gasteiger partial charge is 0.275 e. The van der Waals surface area contributed by atoms with Crippen molar-refractivity contribution >= 4 is 33.3 Å². The first-order chi connectivity index (χ1) is 14.6. The second-order valence-electron chi connectivity index (χ2n) is 7.51. The summed E-state index contributed by atoms with van der Waals surface area (Å²) in [6.07, 6.45) is 6.58. The number of pyridine rings is 1. The molecular formula is C23H21N5O2. The van der Waals surface area contributed by atoms with Gasteiger partial charge >= 0.3 is 0 Å². The number of benzene rings is 1. The Bertz CT molecular complexity index is 1370. The summed E-state index contributed by atoms with van der Waals surface area (Å²) in [5.41, 5.74) is 3.71. The molecule has 1 aliphatic heterocycles. The highest BCUT2D eigenvalue weighted by Gasteiger charge is 2.21. The number of fused-ring (bicyclic) bond motifs is 2. The molecule has 4 heterocycles. The van der Waals surface area contributed by atoms with Crippen LogP contribution in [0.2, 0.25) is 0 Å². The zero-order chi connectivity index (χ0) is 20.7. The summed E-state index contributed by atoms with van der Waals surface area (Å²) in [6, 6.07) is 11.3. The first-order valence-electron chi connectivity index (χ1n) is 9.97. The number of aryl methyl sites for hydroxylation is 1. The summed E-state index contributed by atoms with van der Waals surface area (Å²) in [5.74, 6) is -0.102. The molecule has 1 N–H and O–H groups in total. The predicted molar refractivity (Wildman–Crippen MR) is 116 cm³/mol. The van der Waals surface area contributed by atoms with Crippen LogP contribution in [0.4, 0.5) is 0 Å². The van der Waals surface area contributed by atoms with E-state index in [0.717, 1.165) is 34.1 Å². The van der Waals surface area contributed by atoms with Crippen molar-refractivity contribution in [2.24, 2.45) is 0 Å². The van der Waals surface area contributed by atoms with Gasteiger partial charge in [-0.05, 0) is 37.1 Å². The van der Waals surface area contributed by atoms with Crippen molar-refractivity contribution in [3.63, 3.8) is 0 Å². The Kier molecular flexibility index (Phi) is 4.43. The van der Waals surface area contributed by atoms with Crippen LogP contribution in [0.25, 0.3) is 27.4 Å². The van der Waals surface area contributed by atoms with Gasteiger partial charge in [0, 0.05) is 41.8 Å². The van der Waals surface area contributed by atoms with Crippen LogP contribution in [0.15, 0.2) is 59.7 Å². The number of aromatic nitrogens is 4. The summed E-state index contributed by atoms with van der Waals surface area (Å²) in [7, 11) is 0. The number of carbonyl (C=O) groups excluding carboxylic acids is 1. The molecule has 4 aromatic rings. The molecule has 1 aliphatic rings. The minimum Gasteiger partial charge on any atom is -0.346 e. The van der Waals surface area contributed by atoms with Crippen LogP contribution in [0.5, 0.6) is 0 Å². The number of hydrogen-bond donors (Lipinski definition) is 1. The molecule has 150 valence electrons. The van der Waals surface area contributed by atoms with Gasteiger partial charge < -0.3 is 9.88 Å². The van der Waals surface area contributed by atoms with E-state index in [4.69, 9.17) is 0 Å². The lowest BCUT2D eigenvalue weighted by molar-refractivity contribution is -0.131. The van der Waals surface area contributed by atoms with E-state index >= 15 is 0 Å². The number of nitrogens with zero attached hydrogens (tertiary/aromatic N) is 4. The van der Waals surface area contributed by atoms with Crippen LogP contribution in [-0.2, 0) is 11.3 Å². The van der Waals surface area contributed by atoms with Crippen molar-refractivity contribution in [2.75, 3.05) is 13.1 Å². The minimum atomic E-state index is -0.232. The lowest BCUT2D eigenvalue weighted by atomic mass is 9.99. The molecule has 30 heavy (non-hydrogen) atoms. The van der Waals surface area contributed by atoms with Crippen LogP contribution in [0.3, 0.4) is 0 Å². The third-order valence-electron chi connectivity index (χ3n) is 5.70. The van der Waals surface area contributed by atoms with E-state index in [9.17, 15) is 9.59 Å². The van der Waals surface area contributed by atoms with Crippen molar-refractivity contribution in [3.05, 3.63) is 76.5 Å². The summed E-state index contributed by atoms with van der Waals surface area (Å²) in [4.78, 5) is 34.9. The first-order valence-corrected chi connectivity index (χ1v) is 9.97. The van der Waals surface area contributed by atoms with Gasteiger partial charge in [0.2, 0.25) is 5.91 Å². The SMILES string of the molecule is Cc1nn(CC(=O)N2CC=C(c3c[nH]c4ncccc34)CC2)c(=O)c2ccccc12. The molecule has 5 rings (SSSR count). The van der Waals surface area contributed by atoms with Crippen molar-refractivity contribution in [1.29, 1.82) is 0 Å². The molecule has 3 aromatic heterocycles. The Morgan fingerprint density at radius 1 is 1.13 bits per heavy atom. The molecule has 1 aromatic carbocycles. The average molecular weight is 399 g/mol. The fraction of sp³-hybridized carbons (Fsp3) is 0.217. The third kappa shape index (κ3) is 3.08. The number of hydrogen-bond acceptors (Lipinski definition) is 4. The van der Waals surface area contributed by atoms with Crippen molar-refractivity contribution in [1.82, 2.24) is 24.6 Å². The molecule has 7 nitrogen and oxygen atoms in total. The Labute approximate surface area is 172 Å². The van der Waals surface area contributed by atoms with Crippen LogP contribution in [-0.4, -0.2) is 43.6 Å². The van der Waals surface area contributed by atoms with Crippen LogP contribution < -0.4 is 5.56 Å². The second-order valence-corrected chi connectivity index (χ2v) is 7.51. The minimum absolute atomic E-state index is 0.0509. The van der Waals surface area contributed by atoms with E-state index in [1.54, 1.807) is 17.2 Å². The van der Waals surface area contributed by atoms with Gasteiger partial charge in [0.25, 0.3) is 5.56 Å². The van der Waals surface area contributed by atoms with Crippen LogP contribution in [0, 0.1) is 6.92 Å².